The van der Waals surface area contributed by atoms with Gasteiger partial charge in [-0.15, -0.1) is 0 Å². The zero-order valence-corrected chi connectivity index (χ0v) is 14.3. The van der Waals surface area contributed by atoms with E-state index >= 15 is 0 Å². The summed E-state index contributed by atoms with van der Waals surface area (Å²) in [5, 5.41) is 0. The van der Waals surface area contributed by atoms with Crippen LogP contribution in [0.5, 0.6) is 0 Å². The molecule has 0 fully saturated rings. The Morgan fingerprint density at radius 1 is 1.38 bits per heavy atom. The fourth-order valence-electron chi connectivity index (χ4n) is 2.56. The van der Waals surface area contributed by atoms with Crippen molar-refractivity contribution in [2.75, 3.05) is 0 Å². The number of aliphatic imine (C=N–C) groups is 1. The van der Waals surface area contributed by atoms with Crippen molar-refractivity contribution in [3.63, 3.8) is 0 Å². The van der Waals surface area contributed by atoms with Crippen LogP contribution in [0.15, 0.2) is 52.6 Å². The highest BCUT2D eigenvalue weighted by Gasteiger charge is 2.12. The smallest absolute Gasteiger partial charge is 0.0700 e. The Morgan fingerprint density at radius 2 is 2.10 bits per heavy atom. The van der Waals surface area contributed by atoms with Crippen molar-refractivity contribution < 1.29 is 0 Å². The minimum atomic E-state index is 0.285. The molecule has 0 heterocycles. The Kier molecular flexibility index (Phi) is 7.42. The molecule has 0 aliphatic heterocycles. The van der Waals surface area contributed by atoms with Crippen molar-refractivity contribution in [2.24, 2.45) is 10.9 Å². The molecule has 2 atom stereocenters. The molecule has 1 heteroatoms. The third-order valence-corrected chi connectivity index (χ3v) is 4.11. The first-order valence-corrected chi connectivity index (χ1v) is 8.20. The van der Waals surface area contributed by atoms with E-state index in [1.54, 1.807) is 0 Å². The molecular weight excluding hydrogens is 254 g/mol. The lowest BCUT2D eigenvalue weighted by molar-refractivity contribution is 0.634. The van der Waals surface area contributed by atoms with Crippen LogP contribution in [0.2, 0.25) is 0 Å². The summed E-state index contributed by atoms with van der Waals surface area (Å²) in [6, 6.07) is 0.285. The number of nitrogens with zero attached hydrogens (tertiary/aromatic N) is 1. The van der Waals surface area contributed by atoms with Gasteiger partial charge in [0, 0.05) is 12.1 Å². The van der Waals surface area contributed by atoms with E-state index in [4.69, 9.17) is 4.99 Å². The molecule has 0 amide bonds. The fraction of sp³-hybridized carbons (Fsp3) is 0.550. The molecule has 1 nitrogen and oxygen atoms in total. The van der Waals surface area contributed by atoms with Crippen LogP contribution in [-0.4, -0.2) is 12.3 Å². The van der Waals surface area contributed by atoms with Crippen molar-refractivity contribution in [1.82, 2.24) is 0 Å². The van der Waals surface area contributed by atoms with Gasteiger partial charge in [-0.05, 0) is 38.7 Å². The molecule has 116 valence electrons. The molecule has 0 bridgehead atoms. The maximum atomic E-state index is 4.80. The molecule has 1 aliphatic rings. The first-order chi connectivity index (χ1) is 9.95. The predicted molar refractivity (Wildman–Crippen MR) is 96.0 cm³/mol. The van der Waals surface area contributed by atoms with Crippen LogP contribution in [0.1, 0.15) is 59.8 Å². The van der Waals surface area contributed by atoms with Crippen LogP contribution in [0, 0.1) is 5.92 Å². The quantitative estimate of drug-likeness (QED) is 0.380. The highest BCUT2D eigenvalue weighted by atomic mass is 14.8. The van der Waals surface area contributed by atoms with Gasteiger partial charge in [0.1, 0.15) is 0 Å². The Labute approximate surface area is 131 Å². The maximum Gasteiger partial charge on any atom is 0.0700 e. The third kappa shape index (κ3) is 5.87. The zero-order valence-electron chi connectivity index (χ0n) is 14.3. The lowest BCUT2D eigenvalue weighted by Gasteiger charge is -2.18. The topological polar surface area (TPSA) is 12.4 Å². The molecule has 0 saturated carbocycles. The van der Waals surface area contributed by atoms with Crippen LogP contribution in [-0.2, 0) is 0 Å². The summed E-state index contributed by atoms with van der Waals surface area (Å²) in [7, 11) is 0. The highest BCUT2D eigenvalue weighted by molar-refractivity contribution is 5.66. The van der Waals surface area contributed by atoms with Crippen molar-refractivity contribution in [3.8, 4) is 0 Å². The second kappa shape index (κ2) is 8.81. The van der Waals surface area contributed by atoms with Gasteiger partial charge < -0.3 is 0 Å². The van der Waals surface area contributed by atoms with E-state index in [0.29, 0.717) is 5.92 Å². The summed E-state index contributed by atoms with van der Waals surface area (Å²) < 4.78 is 0. The van der Waals surface area contributed by atoms with Gasteiger partial charge in [-0.1, -0.05) is 68.7 Å². The minimum absolute atomic E-state index is 0.285. The van der Waals surface area contributed by atoms with E-state index in [1.807, 2.05) is 0 Å². The van der Waals surface area contributed by atoms with Gasteiger partial charge in [0.15, 0.2) is 0 Å². The highest BCUT2D eigenvalue weighted by Crippen LogP contribution is 2.26. The largest absolute Gasteiger partial charge is 0.289 e. The van der Waals surface area contributed by atoms with Crippen LogP contribution >= 0.6 is 0 Å². The average Bonchev–Trinajstić information content (AvgIpc) is 2.46. The number of rotatable bonds is 8. The molecule has 0 N–H and O–H groups in total. The first kappa shape index (κ1) is 17.7. The molecule has 1 rings (SSSR count). The summed E-state index contributed by atoms with van der Waals surface area (Å²) in [5.41, 5.74) is 5.08. The summed E-state index contributed by atoms with van der Waals surface area (Å²) in [6.07, 6.45) is 12.5. The molecule has 1 aliphatic carbocycles. The number of hydrogen-bond donors (Lipinski definition) is 0. The van der Waals surface area contributed by atoms with Crippen LogP contribution in [0.4, 0.5) is 0 Å². The molecular formula is C20H31N. The molecule has 2 unspecified atom stereocenters. The summed E-state index contributed by atoms with van der Waals surface area (Å²) in [5.74, 6) is 0.400. The van der Waals surface area contributed by atoms with Gasteiger partial charge in [-0.25, -0.2) is 0 Å². The monoisotopic (exact) mass is 285 g/mol. The van der Waals surface area contributed by atoms with Crippen LogP contribution in [0.3, 0.4) is 0 Å². The van der Waals surface area contributed by atoms with Gasteiger partial charge >= 0.3 is 0 Å². The van der Waals surface area contributed by atoms with Crippen molar-refractivity contribution in [3.05, 3.63) is 47.6 Å². The Balaban J connectivity index is 2.72. The molecule has 0 saturated heterocycles. The van der Waals surface area contributed by atoms with E-state index in [0.717, 1.165) is 24.8 Å². The minimum Gasteiger partial charge on any atom is -0.289 e. The SMILES string of the molecule is C=C(C)C1=CCCC(C(C)C=NC(CCCC)C(=C)C)=C1. The molecule has 0 spiro atoms. The number of allylic oxidation sites excluding steroid dienone is 5. The van der Waals surface area contributed by atoms with Gasteiger partial charge in [0.05, 0.1) is 6.04 Å². The van der Waals surface area contributed by atoms with E-state index < -0.39 is 0 Å². The molecule has 21 heavy (non-hydrogen) atoms. The maximum absolute atomic E-state index is 4.80. The summed E-state index contributed by atoms with van der Waals surface area (Å²) >= 11 is 0. The van der Waals surface area contributed by atoms with E-state index in [2.05, 4.69) is 59.2 Å². The van der Waals surface area contributed by atoms with E-state index in [1.165, 1.54) is 29.6 Å². The molecule has 0 aromatic rings. The second-order valence-electron chi connectivity index (χ2n) is 6.29. The predicted octanol–water partition coefficient (Wildman–Crippen LogP) is 6.05. The van der Waals surface area contributed by atoms with Crippen LogP contribution in [0.25, 0.3) is 0 Å². The standard InChI is InChI=1S/C20H31N/c1-7-8-12-20(16(4)5)21-14-17(6)19-11-9-10-18(13-19)15(2)3/h10,13-14,17,20H,2,4,7-9,11-12H2,1,3,5-6H3. The van der Waals surface area contributed by atoms with Gasteiger partial charge in [0.2, 0.25) is 0 Å². The Morgan fingerprint density at radius 3 is 2.67 bits per heavy atom. The van der Waals surface area contributed by atoms with Crippen molar-refractivity contribution >= 4 is 6.21 Å². The van der Waals surface area contributed by atoms with E-state index in [9.17, 15) is 0 Å². The summed E-state index contributed by atoms with van der Waals surface area (Å²) in [4.78, 5) is 4.80. The zero-order chi connectivity index (χ0) is 15.8. The first-order valence-electron chi connectivity index (χ1n) is 8.20. The third-order valence-electron chi connectivity index (χ3n) is 4.11. The molecule has 0 aromatic heterocycles. The van der Waals surface area contributed by atoms with Crippen LogP contribution < -0.4 is 0 Å². The van der Waals surface area contributed by atoms with E-state index in [-0.39, 0.29) is 6.04 Å². The van der Waals surface area contributed by atoms with Gasteiger partial charge in [0.25, 0.3) is 0 Å². The average molecular weight is 285 g/mol. The Bertz CT molecular complexity index is 462. The van der Waals surface area contributed by atoms with Crippen molar-refractivity contribution in [2.45, 2.75) is 65.8 Å². The lowest BCUT2D eigenvalue weighted by Crippen LogP contribution is -2.10. The summed E-state index contributed by atoms with van der Waals surface area (Å²) in [6.45, 7) is 16.8. The van der Waals surface area contributed by atoms with Crippen molar-refractivity contribution in [1.29, 1.82) is 0 Å². The molecule has 0 aromatic carbocycles. The van der Waals surface area contributed by atoms with Gasteiger partial charge in [-0.2, -0.15) is 0 Å². The number of hydrogen-bond acceptors (Lipinski definition) is 1. The Hall–Kier alpha value is -1.37. The van der Waals surface area contributed by atoms with Gasteiger partial charge in [-0.3, -0.25) is 4.99 Å². The lowest BCUT2D eigenvalue weighted by atomic mass is 9.89. The number of unbranched alkanes of at least 4 members (excludes halogenated alkanes) is 1. The molecule has 0 radical (unpaired) electrons. The second-order valence-corrected chi connectivity index (χ2v) is 6.29. The fourth-order valence-corrected chi connectivity index (χ4v) is 2.56. The normalized spacial score (nSPS) is 18.1.